The molecule has 1 aromatic rings. The van der Waals surface area contributed by atoms with E-state index in [0.717, 1.165) is 0 Å². The summed E-state index contributed by atoms with van der Waals surface area (Å²) in [6.45, 7) is 0.168. The van der Waals surface area contributed by atoms with Crippen molar-refractivity contribution in [3.63, 3.8) is 0 Å². The molecule has 3 nitrogen and oxygen atoms in total. The Bertz CT molecular complexity index is 491. The third-order valence-corrected chi connectivity index (χ3v) is 3.68. The Hall–Kier alpha value is -1.23. The molecule has 0 radical (unpaired) electrons. The van der Waals surface area contributed by atoms with Crippen molar-refractivity contribution in [1.82, 2.24) is 4.90 Å². The number of carbonyl (C=O) groups excluding carboxylic acids is 2. The van der Waals surface area contributed by atoms with Gasteiger partial charge in [-0.25, -0.2) is 4.39 Å². The van der Waals surface area contributed by atoms with Gasteiger partial charge in [-0.2, -0.15) is 0 Å². The fraction of sp³-hybridized carbons (Fsp3) is 0.333. The van der Waals surface area contributed by atoms with Crippen LogP contribution >= 0.6 is 15.9 Å². The van der Waals surface area contributed by atoms with E-state index < -0.39 is 0 Å². The van der Waals surface area contributed by atoms with Crippen molar-refractivity contribution in [3.8, 4) is 0 Å². The summed E-state index contributed by atoms with van der Waals surface area (Å²) in [5.74, 6) is -0.793. The van der Waals surface area contributed by atoms with Crippen LogP contribution in [0.15, 0.2) is 22.7 Å². The lowest BCUT2D eigenvalue weighted by atomic mass is 10.2. The van der Waals surface area contributed by atoms with E-state index in [1.807, 2.05) is 0 Å². The lowest BCUT2D eigenvalue weighted by Gasteiger charge is -2.16. The minimum atomic E-state index is -0.376. The zero-order valence-electron chi connectivity index (χ0n) is 8.82. The quantitative estimate of drug-likeness (QED) is 0.784. The minimum Gasteiger partial charge on any atom is -0.278 e. The molecule has 1 aromatic carbocycles. The van der Waals surface area contributed by atoms with E-state index in [1.165, 1.54) is 17.0 Å². The highest BCUT2D eigenvalue weighted by Crippen LogP contribution is 2.47. The number of piperidine rings is 1. The average molecular weight is 298 g/mol. The van der Waals surface area contributed by atoms with Crippen molar-refractivity contribution < 1.29 is 14.0 Å². The van der Waals surface area contributed by atoms with Gasteiger partial charge in [-0.1, -0.05) is 15.9 Å². The second kappa shape index (κ2) is 3.63. The molecule has 5 heteroatoms. The van der Waals surface area contributed by atoms with Crippen molar-refractivity contribution in [2.24, 2.45) is 11.8 Å². The summed E-state index contributed by atoms with van der Waals surface area (Å²) < 4.78 is 13.8. The summed E-state index contributed by atoms with van der Waals surface area (Å²) in [5, 5.41) is 0. The van der Waals surface area contributed by atoms with E-state index in [2.05, 4.69) is 15.9 Å². The van der Waals surface area contributed by atoms with Gasteiger partial charge in [0.25, 0.3) is 0 Å². The Morgan fingerprint density at radius 2 is 1.88 bits per heavy atom. The molecule has 1 heterocycles. The summed E-state index contributed by atoms with van der Waals surface area (Å²) in [5.41, 5.74) is 0.625. The minimum absolute atomic E-state index is 0.0977. The lowest BCUT2D eigenvalue weighted by Crippen LogP contribution is -2.32. The van der Waals surface area contributed by atoms with Crippen LogP contribution in [0, 0.1) is 17.7 Å². The van der Waals surface area contributed by atoms with Crippen LogP contribution in [-0.4, -0.2) is 16.7 Å². The predicted octanol–water partition coefficient (Wildman–Crippen LogP) is 2.09. The smallest absolute Gasteiger partial charge is 0.233 e. The molecule has 2 amide bonds. The lowest BCUT2D eigenvalue weighted by molar-refractivity contribution is -0.142. The number of hydrogen-bond donors (Lipinski definition) is 0. The summed E-state index contributed by atoms with van der Waals surface area (Å²) in [6, 6.07) is 4.40. The van der Waals surface area contributed by atoms with Gasteiger partial charge in [0.2, 0.25) is 11.8 Å². The molecule has 0 spiro atoms. The molecule has 17 heavy (non-hydrogen) atoms. The van der Waals surface area contributed by atoms with Crippen LogP contribution in [0.25, 0.3) is 0 Å². The Morgan fingerprint density at radius 3 is 2.47 bits per heavy atom. The van der Waals surface area contributed by atoms with Crippen molar-refractivity contribution in [2.75, 3.05) is 0 Å². The van der Waals surface area contributed by atoms with E-state index >= 15 is 0 Å². The van der Waals surface area contributed by atoms with Crippen LogP contribution in [0.1, 0.15) is 12.0 Å². The van der Waals surface area contributed by atoms with Gasteiger partial charge in [-0.05, 0) is 30.2 Å². The Labute approximate surface area is 106 Å². The van der Waals surface area contributed by atoms with E-state index in [-0.39, 0.29) is 36.0 Å². The molecule has 2 unspecified atom stereocenters. The van der Waals surface area contributed by atoms with Gasteiger partial charge in [0, 0.05) is 4.47 Å². The van der Waals surface area contributed by atoms with Gasteiger partial charge in [-0.15, -0.1) is 0 Å². The molecule has 0 aromatic heterocycles. The standard InChI is InChI=1S/C12H9BrFNO2/c13-7-1-6(2-8(14)3-7)5-15-11(16)9-4-10(9)12(15)17/h1-3,9-10H,4-5H2. The highest BCUT2D eigenvalue weighted by Gasteiger charge is 2.58. The second-order valence-corrected chi connectivity index (χ2v) is 5.40. The van der Waals surface area contributed by atoms with E-state index in [0.29, 0.717) is 16.5 Å². The first-order valence-corrected chi connectivity index (χ1v) is 6.16. The molecule has 88 valence electrons. The van der Waals surface area contributed by atoms with Crippen LogP contribution < -0.4 is 0 Å². The molecular formula is C12H9BrFNO2. The third-order valence-electron chi connectivity index (χ3n) is 3.22. The summed E-state index contributed by atoms with van der Waals surface area (Å²) in [6.07, 6.45) is 0.695. The number of rotatable bonds is 2. The van der Waals surface area contributed by atoms with Gasteiger partial charge in [-0.3, -0.25) is 14.5 Å². The number of halogens is 2. The van der Waals surface area contributed by atoms with Gasteiger partial charge in [0.15, 0.2) is 0 Å². The first kappa shape index (κ1) is 10.9. The van der Waals surface area contributed by atoms with Crippen molar-refractivity contribution in [3.05, 3.63) is 34.1 Å². The fourth-order valence-electron chi connectivity index (χ4n) is 2.29. The topological polar surface area (TPSA) is 37.4 Å². The van der Waals surface area contributed by atoms with Crippen molar-refractivity contribution in [2.45, 2.75) is 13.0 Å². The number of imide groups is 1. The Morgan fingerprint density at radius 1 is 1.24 bits per heavy atom. The third kappa shape index (κ3) is 1.78. The number of amides is 2. The summed E-state index contributed by atoms with van der Waals surface area (Å²) >= 11 is 3.18. The maximum Gasteiger partial charge on any atom is 0.233 e. The van der Waals surface area contributed by atoms with Crippen LogP contribution in [0.3, 0.4) is 0 Å². The number of nitrogens with zero attached hydrogens (tertiary/aromatic N) is 1. The zero-order valence-corrected chi connectivity index (χ0v) is 10.4. The molecule has 2 aliphatic rings. The Balaban J connectivity index is 1.83. The van der Waals surface area contributed by atoms with E-state index in [4.69, 9.17) is 0 Å². The normalized spacial score (nSPS) is 26.4. The van der Waals surface area contributed by atoms with Gasteiger partial charge in [0.1, 0.15) is 5.82 Å². The summed E-state index contributed by atoms with van der Waals surface area (Å²) in [7, 11) is 0. The molecule has 2 atom stereocenters. The molecule has 1 saturated heterocycles. The maximum absolute atomic E-state index is 13.2. The highest BCUT2D eigenvalue weighted by atomic mass is 79.9. The molecule has 1 aliphatic heterocycles. The highest BCUT2D eigenvalue weighted by molar-refractivity contribution is 9.10. The van der Waals surface area contributed by atoms with Crippen LogP contribution in [-0.2, 0) is 16.1 Å². The van der Waals surface area contributed by atoms with Crippen LogP contribution in [0.4, 0.5) is 4.39 Å². The zero-order chi connectivity index (χ0) is 12.2. The van der Waals surface area contributed by atoms with E-state index in [1.54, 1.807) is 6.07 Å². The first-order valence-electron chi connectivity index (χ1n) is 5.36. The van der Waals surface area contributed by atoms with Crippen LogP contribution in [0.2, 0.25) is 0 Å². The Kier molecular flexibility index (Phi) is 2.33. The molecule has 2 fully saturated rings. The van der Waals surface area contributed by atoms with E-state index in [9.17, 15) is 14.0 Å². The number of hydrogen-bond acceptors (Lipinski definition) is 2. The molecular weight excluding hydrogens is 289 g/mol. The predicted molar refractivity (Wildman–Crippen MR) is 61.3 cm³/mol. The molecule has 0 bridgehead atoms. The largest absolute Gasteiger partial charge is 0.278 e. The van der Waals surface area contributed by atoms with Crippen LogP contribution in [0.5, 0.6) is 0 Å². The number of likely N-dealkylation sites (tertiary alicyclic amines) is 1. The second-order valence-electron chi connectivity index (χ2n) is 4.49. The molecule has 3 rings (SSSR count). The summed E-state index contributed by atoms with van der Waals surface area (Å²) in [4.78, 5) is 24.7. The van der Waals surface area contributed by atoms with Gasteiger partial charge in [0.05, 0.1) is 18.4 Å². The number of fused-ring (bicyclic) bond motifs is 1. The molecule has 1 saturated carbocycles. The fourth-order valence-corrected chi connectivity index (χ4v) is 2.80. The number of carbonyl (C=O) groups is 2. The first-order chi connectivity index (χ1) is 8.06. The molecule has 1 aliphatic carbocycles. The monoisotopic (exact) mass is 297 g/mol. The van der Waals surface area contributed by atoms with Crippen molar-refractivity contribution in [1.29, 1.82) is 0 Å². The number of benzene rings is 1. The molecule has 0 N–H and O–H groups in total. The van der Waals surface area contributed by atoms with Crippen molar-refractivity contribution >= 4 is 27.7 Å². The maximum atomic E-state index is 13.2. The average Bonchev–Trinajstić information content (AvgIpc) is 2.98. The van der Waals surface area contributed by atoms with Gasteiger partial charge >= 0.3 is 0 Å². The van der Waals surface area contributed by atoms with Gasteiger partial charge < -0.3 is 0 Å². The SMILES string of the molecule is O=C1C2CC2C(=O)N1Cc1cc(F)cc(Br)c1.